The lowest BCUT2D eigenvalue weighted by molar-refractivity contribution is 0.318. The third kappa shape index (κ3) is 3.96. The van der Waals surface area contributed by atoms with E-state index >= 15 is 0 Å². The van der Waals surface area contributed by atoms with Crippen molar-refractivity contribution in [3.63, 3.8) is 0 Å². The molecular weight excluding hydrogens is 238 g/mol. The fourth-order valence-electron chi connectivity index (χ4n) is 2.33. The molecule has 104 valence electrons. The van der Waals surface area contributed by atoms with Crippen LogP contribution in [0.2, 0.25) is 0 Å². The van der Waals surface area contributed by atoms with Gasteiger partial charge >= 0.3 is 0 Å². The van der Waals surface area contributed by atoms with Crippen molar-refractivity contribution in [3.8, 4) is 0 Å². The van der Waals surface area contributed by atoms with Crippen LogP contribution < -0.4 is 11.1 Å². The predicted octanol–water partition coefficient (Wildman–Crippen LogP) is 2.37. The summed E-state index contributed by atoms with van der Waals surface area (Å²) in [5.74, 6) is 1.11. The molecule has 4 heteroatoms. The fourth-order valence-corrected chi connectivity index (χ4v) is 2.33. The Morgan fingerprint density at radius 2 is 2.26 bits per heavy atom. The van der Waals surface area contributed by atoms with Crippen LogP contribution in [0.1, 0.15) is 42.9 Å². The number of amidine groups is 1. The van der Waals surface area contributed by atoms with Crippen LogP contribution in [0.3, 0.4) is 0 Å². The lowest BCUT2D eigenvalue weighted by atomic mass is 10.0. The Kier molecular flexibility index (Phi) is 4.43. The first kappa shape index (κ1) is 13.9. The molecule has 1 aromatic carbocycles. The zero-order chi connectivity index (χ0) is 13.8. The van der Waals surface area contributed by atoms with E-state index in [0.29, 0.717) is 6.04 Å². The Morgan fingerprint density at radius 3 is 2.84 bits per heavy atom. The SMILES string of the molecule is Cc1cc(/C(N)=N/O)ccc1CNC(C)CC1CC1. The fraction of sp³-hybridized carbons (Fsp3) is 0.533. The molecule has 1 fully saturated rings. The molecule has 0 aromatic heterocycles. The highest BCUT2D eigenvalue weighted by Crippen LogP contribution is 2.33. The van der Waals surface area contributed by atoms with Crippen molar-refractivity contribution in [1.82, 2.24) is 5.32 Å². The van der Waals surface area contributed by atoms with Crippen LogP contribution in [0.15, 0.2) is 23.4 Å². The number of hydrogen-bond acceptors (Lipinski definition) is 3. The number of benzene rings is 1. The maximum Gasteiger partial charge on any atom is 0.170 e. The summed E-state index contributed by atoms with van der Waals surface area (Å²) in [6.45, 7) is 5.17. The second kappa shape index (κ2) is 6.06. The monoisotopic (exact) mass is 261 g/mol. The van der Waals surface area contributed by atoms with Crippen molar-refractivity contribution < 1.29 is 5.21 Å². The average Bonchev–Trinajstić information content (AvgIpc) is 3.20. The largest absolute Gasteiger partial charge is 0.409 e. The molecule has 0 amide bonds. The third-order valence-electron chi connectivity index (χ3n) is 3.77. The van der Waals surface area contributed by atoms with Gasteiger partial charge in [-0.15, -0.1) is 0 Å². The van der Waals surface area contributed by atoms with E-state index in [2.05, 4.69) is 24.3 Å². The molecular formula is C15H23N3O. The molecule has 1 atom stereocenters. The van der Waals surface area contributed by atoms with Crippen molar-refractivity contribution >= 4 is 5.84 Å². The zero-order valence-electron chi connectivity index (χ0n) is 11.7. The van der Waals surface area contributed by atoms with E-state index < -0.39 is 0 Å². The summed E-state index contributed by atoms with van der Waals surface area (Å²) in [6, 6.07) is 6.46. The third-order valence-corrected chi connectivity index (χ3v) is 3.77. The van der Waals surface area contributed by atoms with E-state index in [1.165, 1.54) is 24.8 Å². The minimum Gasteiger partial charge on any atom is -0.409 e. The molecule has 0 aliphatic heterocycles. The molecule has 4 N–H and O–H groups in total. The first-order valence-corrected chi connectivity index (χ1v) is 6.91. The molecule has 2 rings (SSSR count). The number of nitrogens with zero attached hydrogens (tertiary/aromatic N) is 1. The Balaban J connectivity index is 1.92. The number of rotatable bonds is 6. The summed E-state index contributed by atoms with van der Waals surface area (Å²) in [6.07, 6.45) is 4.08. The first-order chi connectivity index (χ1) is 9.10. The highest BCUT2D eigenvalue weighted by Gasteiger charge is 2.23. The van der Waals surface area contributed by atoms with Crippen molar-refractivity contribution in [3.05, 3.63) is 34.9 Å². The Labute approximate surface area is 114 Å². The van der Waals surface area contributed by atoms with Gasteiger partial charge in [-0.2, -0.15) is 0 Å². The molecule has 0 heterocycles. The van der Waals surface area contributed by atoms with Crippen molar-refractivity contribution in [2.24, 2.45) is 16.8 Å². The Bertz CT molecular complexity index is 466. The molecule has 0 saturated heterocycles. The molecule has 1 saturated carbocycles. The van der Waals surface area contributed by atoms with Crippen molar-refractivity contribution in [2.75, 3.05) is 0 Å². The van der Waals surface area contributed by atoms with E-state index in [-0.39, 0.29) is 5.84 Å². The van der Waals surface area contributed by atoms with Gasteiger partial charge in [0.05, 0.1) is 0 Å². The minimum absolute atomic E-state index is 0.157. The van der Waals surface area contributed by atoms with Crippen LogP contribution in [0, 0.1) is 12.8 Å². The Morgan fingerprint density at radius 1 is 1.53 bits per heavy atom. The molecule has 1 unspecified atom stereocenters. The quantitative estimate of drug-likeness (QED) is 0.319. The number of oxime groups is 1. The zero-order valence-corrected chi connectivity index (χ0v) is 11.7. The number of aryl methyl sites for hydroxylation is 1. The van der Waals surface area contributed by atoms with Gasteiger partial charge in [0.2, 0.25) is 0 Å². The molecule has 4 nitrogen and oxygen atoms in total. The van der Waals surface area contributed by atoms with Gasteiger partial charge in [0, 0.05) is 18.2 Å². The molecule has 19 heavy (non-hydrogen) atoms. The van der Waals surface area contributed by atoms with Gasteiger partial charge in [0.15, 0.2) is 5.84 Å². The summed E-state index contributed by atoms with van der Waals surface area (Å²) in [7, 11) is 0. The lowest BCUT2D eigenvalue weighted by Crippen LogP contribution is -2.26. The second-order valence-corrected chi connectivity index (χ2v) is 5.59. The highest BCUT2D eigenvalue weighted by atomic mass is 16.4. The van der Waals surface area contributed by atoms with E-state index in [9.17, 15) is 0 Å². The van der Waals surface area contributed by atoms with Crippen molar-refractivity contribution in [2.45, 2.75) is 45.7 Å². The number of nitrogens with one attached hydrogen (secondary N) is 1. The van der Waals surface area contributed by atoms with Gasteiger partial charge in [-0.1, -0.05) is 30.1 Å². The van der Waals surface area contributed by atoms with Gasteiger partial charge in [-0.05, 0) is 43.4 Å². The molecule has 0 spiro atoms. The topological polar surface area (TPSA) is 70.6 Å². The number of nitrogens with two attached hydrogens (primary N) is 1. The average molecular weight is 261 g/mol. The van der Waals surface area contributed by atoms with Gasteiger partial charge in [-0.3, -0.25) is 0 Å². The van der Waals surface area contributed by atoms with E-state index in [1.54, 1.807) is 0 Å². The van der Waals surface area contributed by atoms with Gasteiger partial charge in [0.1, 0.15) is 0 Å². The Hall–Kier alpha value is -1.55. The van der Waals surface area contributed by atoms with Crippen LogP contribution in [0.5, 0.6) is 0 Å². The molecule has 0 radical (unpaired) electrons. The van der Waals surface area contributed by atoms with E-state index in [4.69, 9.17) is 10.9 Å². The van der Waals surface area contributed by atoms with Gasteiger partial charge < -0.3 is 16.3 Å². The van der Waals surface area contributed by atoms with Gasteiger partial charge in [0.25, 0.3) is 0 Å². The smallest absolute Gasteiger partial charge is 0.170 e. The normalized spacial score (nSPS) is 17.5. The summed E-state index contributed by atoms with van der Waals surface area (Å²) in [4.78, 5) is 0. The summed E-state index contributed by atoms with van der Waals surface area (Å²) >= 11 is 0. The van der Waals surface area contributed by atoms with E-state index in [0.717, 1.165) is 23.6 Å². The summed E-state index contributed by atoms with van der Waals surface area (Å²) in [5, 5.41) is 15.2. The van der Waals surface area contributed by atoms with Gasteiger partial charge in [-0.25, -0.2) is 0 Å². The molecule has 1 aliphatic carbocycles. The highest BCUT2D eigenvalue weighted by molar-refractivity contribution is 5.97. The molecule has 1 aliphatic rings. The van der Waals surface area contributed by atoms with E-state index in [1.807, 2.05) is 18.2 Å². The van der Waals surface area contributed by atoms with Crippen LogP contribution in [0.4, 0.5) is 0 Å². The summed E-state index contributed by atoms with van der Waals surface area (Å²) in [5.41, 5.74) is 8.76. The van der Waals surface area contributed by atoms with Crippen LogP contribution in [-0.2, 0) is 6.54 Å². The summed E-state index contributed by atoms with van der Waals surface area (Å²) < 4.78 is 0. The standard InChI is InChI=1S/C15H23N3O/c1-10-7-13(15(16)18-19)5-6-14(10)9-17-11(2)8-12-3-4-12/h5-7,11-12,17,19H,3-4,8-9H2,1-2H3,(H2,16,18). The number of hydrogen-bond donors (Lipinski definition) is 3. The van der Waals surface area contributed by atoms with Crippen LogP contribution in [0.25, 0.3) is 0 Å². The minimum atomic E-state index is 0.157. The van der Waals surface area contributed by atoms with Crippen molar-refractivity contribution in [1.29, 1.82) is 0 Å². The maximum atomic E-state index is 8.66. The lowest BCUT2D eigenvalue weighted by Gasteiger charge is -2.15. The molecule has 0 bridgehead atoms. The predicted molar refractivity (Wildman–Crippen MR) is 77.3 cm³/mol. The maximum absolute atomic E-state index is 8.66. The second-order valence-electron chi connectivity index (χ2n) is 5.59. The first-order valence-electron chi connectivity index (χ1n) is 6.91. The van der Waals surface area contributed by atoms with Crippen LogP contribution >= 0.6 is 0 Å². The molecule has 1 aromatic rings. The van der Waals surface area contributed by atoms with Crippen LogP contribution in [-0.4, -0.2) is 17.1 Å².